The fraction of sp³-hybridized carbons (Fsp3) is 0.310. The summed E-state index contributed by atoms with van der Waals surface area (Å²) in [5, 5.41) is 3.07. The highest BCUT2D eigenvalue weighted by Gasteiger charge is 2.33. The van der Waals surface area contributed by atoms with Crippen LogP contribution in [0, 0.1) is 11.6 Å². The van der Waals surface area contributed by atoms with Crippen LogP contribution in [0.15, 0.2) is 54.7 Å². The number of nitrogens with zero attached hydrogens (tertiary/aromatic N) is 1. The molecule has 1 aliphatic heterocycles. The van der Waals surface area contributed by atoms with Crippen LogP contribution in [0.4, 0.5) is 20.2 Å². The molecule has 0 radical (unpaired) electrons. The first-order valence-electron chi connectivity index (χ1n) is 13.3. The van der Waals surface area contributed by atoms with Gasteiger partial charge in [-0.3, -0.25) is 9.52 Å². The summed E-state index contributed by atoms with van der Waals surface area (Å²) in [6, 6.07) is 12.6. The molecule has 222 valence electrons. The number of carbonyl (C=O) groups is 1. The van der Waals surface area contributed by atoms with Crippen molar-refractivity contribution in [1.29, 1.82) is 0 Å². The van der Waals surface area contributed by atoms with Gasteiger partial charge in [-0.25, -0.2) is 22.2 Å². The standard InChI is InChI=1S/C29H30F2N4O6S/c1-4-10-42(37,38)35-23-9-8-22(30)25(26(23)31)28(36)33-19-11-18-13-24(34-27(18)32-14-19)17-6-5-7-20(12-17)39-15-21-16-40-29(2,3)41-21/h5-9,11-14,21,35H,4,10,15-16H2,1-3H3,(H,32,34)(H,33,36). The number of hydrogen-bond donors (Lipinski definition) is 3. The lowest BCUT2D eigenvalue weighted by molar-refractivity contribution is -0.141. The lowest BCUT2D eigenvalue weighted by Gasteiger charge is -2.17. The van der Waals surface area contributed by atoms with E-state index in [-0.39, 0.29) is 17.5 Å². The van der Waals surface area contributed by atoms with Gasteiger partial charge in [0.25, 0.3) is 5.91 Å². The third-order valence-corrected chi connectivity index (χ3v) is 7.91. The maximum atomic E-state index is 15.0. The first-order chi connectivity index (χ1) is 19.9. The van der Waals surface area contributed by atoms with Crippen LogP contribution < -0.4 is 14.8 Å². The van der Waals surface area contributed by atoms with Gasteiger partial charge in [0.15, 0.2) is 11.6 Å². The summed E-state index contributed by atoms with van der Waals surface area (Å²) in [7, 11) is -3.86. The van der Waals surface area contributed by atoms with E-state index in [9.17, 15) is 17.6 Å². The number of benzene rings is 2. The monoisotopic (exact) mass is 600 g/mol. The summed E-state index contributed by atoms with van der Waals surface area (Å²) < 4.78 is 73.0. The maximum Gasteiger partial charge on any atom is 0.261 e. The minimum Gasteiger partial charge on any atom is -0.491 e. The molecule has 1 unspecified atom stereocenters. The second kappa shape index (κ2) is 11.7. The third-order valence-electron chi connectivity index (χ3n) is 6.43. The number of fused-ring (bicyclic) bond motifs is 1. The van der Waals surface area contributed by atoms with Gasteiger partial charge < -0.3 is 24.5 Å². The van der Waals surface area contributed by atoms with E-state index >= 15 is 4.39 Å². The molecule has 2 aromatic heterocycles. The number of hydrogen-bond acceptors (Lipinski definition) is 7. The third kappa shape index (κ3) is 6.69. The van der Waals surface area contributed by atoms with Gasteiger partial charge >= 0.3 is 0 Å². The van der Waals surface area contributed by atoms with Gasteiger partial charge in [-0.05, 0) is 56.7 Å². The molecule has 0 spiro atoms. The van der Waals surface area contributed by atoms with Gasteiger partial charge in [0.2, 0.25) is 10.0 Å². The molecule has 1 aliphatic rings. The predicted molar refractivity (Wildman–Crippen MR) is 154 cm³/mol. The van der Waals surface area contributed by atoms with Crippen LogP contribution in [-0.4, -0.2) is 55.2 Å². The van der Waals surface area contributed by atoms with Crippen molar-refractivity contribution in [2.45, 2.75) is 39.1 Å². The lowest BCUT2D eigenvalue weighted by Crippen LogP contribution is -2.25. The zero-order valence-electron chi connectivity index (χ0n) is 23.2. The minimum atomic E-state index is -3.86. The van der Waals surface area contributed by atoms with Gasteiger partial charge in [0.1, 0.15) is 35.5 Å². The molecule has 1 atom stereocenters. The van der Waals surface area contributed by atoms with Crippen LogP contribution in [0.3, 0.4) is 0 Å². The zero-order valence-corrected chi connectivity index (χ0v) is 24.0. The average molecular weight is 601 g/mol. The predicted octanol–water partition coefficient (Wildman–Crippen LogP) is 5.44. The molecule has 10 nitrogen and oxygen atoms in total. The number of aromatic amines is 1. The average Bonchev–Trinajstić information content (AvgIpc) is 3.51. The van der Waals surface area contributed by atoms with Crippen molar-refractivity contribution < 1.29 is 36.2 Å². The second-order valence-electron chi connectivity index (χ2n) is 10.3. The van der Waals surface area contributed by atoms with Crippen LogP contribution in [-0.2, 0) is 19.5 Å². The number of ether oxygens (including phenoxy) is 3. The van der Waals surface area contributed by atoms with E-state index in [1.54, 1.807) is 13.0 Å². The molecule has 1 fully saturated rings. The fourth-order valence-electron chi connectivity index (χ4n) is 4.55. The van der Waals surface area contributed by atoms with Gasteiger partial charge in [-0.1, -0.05) is 19.1 Å². The van der Waals surface area contributed by atoms with Crippen molar-refractivity contribution in [2.75, 3.05) is 29.0 Å². The minimum absolute atomic E-state index is 0.177. The second-order valence-corrected chi connectivity index (χ2v) is 12.1. The number of pyridine rings is 1. The van der Waals surface area contributed by atoms with Crippen molar-refractivity contribution in [3.8, 4) is 17.0 Å². The Morgan fingerprint density at radius 2 is 2.00 bits per heavy atom. The van der Waals surface area contributed by atoms with E-state index in [0.717, 1.165) is 23.4 Å². The number of amides is 1. The topological polar surface area (TPSA) is 132 Å². The molecule has 1 saturated heterocycles. The van der Waals surface area contributed by atoms with E-state index < -0.39 is 44.6 Å². The first kappa shape index (κ1) is 29.4. The Morgan fingerprint density at radius 3 is 2.74 bits per heavy atom. The number of rotatable bonds is 10. The van der Waals surface area contributed by atoms with Crippen molar-refractivity contribution in [2.24, 2.45) is 0 Å². The molecule has 0 aliphatic carbocycles. The number of anilines is 2. The summed E-state index contributed by atoms with van der Waals surface area (Å²) in [5.74, 6) is -3.79. The molecule has 3 N–H and O–H groups in total. The highest BCUT2D eigenvalue weighted by Crippen LogP contribution is 2.29. The van der Waals surface area contributed by atoms with Crippen molar-refractivity contribution in [1.82, 2.24) is 9.97 Å². The Bertz CT molecular complexity index is 1740. The van der Waals surface area contributed by atoms with Crippen LogP contribution >= 0.6 is 0 Å². The van der Waals surface area contributed by atoms with E-state index in [0.29, 0.717) is 36.4 Å². The summed E-state index contributed by atoms with van der Waals surface area (Å²) in [4.78, 5) is 20.4. The first-order valence-corrected chi connectivity index (χ1v) is 14.9. The van der Waals surface area contributed by atoms with E-state index in [2.05, 4.69) is 20.0 Å². The van der Waals surface area contributed by atoms with Crippen molar-refractivity contribution in [3.05, 3.63) is 71.9 Å². The molecule has 13 heteroatoms. The highest BCUT2D eigenvalue weighted by atomic mass is 32.2. The number of H-pyrrole nitrogens is 1. The summed E-state index contributed by atoms with van der Waals surface area (Å²) in [5.41, 5.74) is 0.837. The molecular formula is C29H30F2N4O6S. The number of aromatic nitrogens is 2. The molecule has 2 aromatic carbocycles. The van der Waals surface area contributed by atoms with Gasteiger partial charge in [-0.2, -0.15) is 0 Å². The van der Waals surface area contributed by atoms with E-state index in [4.69, 9.17) is 14.2 Å². The molecule has 5 rings (SSSR count). The van der Waals surface area contributed by atoms with Gasteiger partial charge in [-0.15, -0.1) is 0 Å². The lowest BCUT2D eigenvalue weighted by atomic mass is 10.1. The number of halogens is 2. The molecule has 0 bridgehead atoms. The van der Waals surface area contributed by atoms with Gasteiger partial charge in [0.05, 0.1) is 29.9 Å². The molecule has 0 saturated carbocycles. The largest absolute Gasteiger partial charge is 0.491 e. The number of carbonyl (C=O) groups excluding carboxylic acids is 1. The Morgan fingerprint density at radius 1 is 1.19 bits per heavy atom. The summed E-state index contributed by atoms with van der Waals surface area (Å²) in [6.45, 7) is 6.13. The SMILES string of the molecule is CCCS(=O)(=O)Nc1ccc(F)c(C(=O)Nc2cnc3[nH]c(-c4cccc(OCC5COC(C)(C)O5)c4)cc3c2)c1F. The highest BCUT2D eigenvalue weighted by molar-refractivity contribution is 7.92. The fourth-order valence-corrected chi connectivity index (χ4v) is 5.68. The summed E-state index contributed by atoms with van der Waals surface area (Å²) >= 11 is 0. The Hall–Kier alpha value is -4.07. The van der Waals surface area contributed by atoms with Crippen LogP contribution in [0.2, 0.25) is 0 Å². The zero-order chi connectivity index (χ0) is 30.1. The van der Waals surface area contributed by atoms with Crippen molar-refractivity contribution >= 4 is 38.3 Å². The normalized spacial score (nSPS) is 16.5. The molecular weight excluding hydrogens is 570 g/mol. The molecule has 3 heterocycles. The smallest absolute Gasteiger partial charge is 0.261 e. The molecule has 42 heavy (non-hydrogen) atoms. The Balaban J connectivity index is 1.31. The van der Waals surface area contributed by atoms with E-state index in [1.807, 2.05) is 44.2 Å². The van der Waals surface area contributed by atoms with E-state index in [1.165, 1.54) is 6.20 Å². The van der Waals surface area contributed by atoms with Crippen LogP contribution in [0.5, 0.6) is 5.75 Å². The quantitative estimate of drug-likeness (QED) is 0.221. The Labute approximate surface area is 241 Å². The van der Waals surface area contributed by atoms with Gasteiger partial charge in [0, 0.05) is 16.6 Å². The molecule has 4 aromatic rings. The number of sulfonamides is 1. The Kier molecular flexibility index (Phi) is 8.17. The van der Waals surface area contributed by atoms with Crippen LogP contribution in [0.25, 0.3) is 22.3 Å². The summed E-state index contributed by atoms with van der Waals surface area (Å²) in [6.07, 6.45) is 1.46. The number of nitrogens with one attached hydrogen (secondary N) is 3. The molecule has 1 amide bonds. The maximum absolute atomic E-state index is 15.0. The van der Waals surface area contributed by atoms with Crippen LogP contribution in [0.1, 0.15) is 37.6 Å². The van der Waals surface area contributed by atoms with Crippen molar-refractivity contribution in [3.63, 3.8) is 0 Å².